The smallest absolute Gasteiger partial charge is 0.192 e. The molecule has 0 aliphatic carbocycles. The van der Waals surface area contributed by atoms with Crippen molar-refractivity contribution < 1.29 is 41.8 Å². The molecule has 13 heteroatoms. The first-order chi connectivity index (χ1) is 23.0. The zero-order valence-electron chi connectivity index (χ0n) is 37.3. The summed E-state index contributed by atoms with van der Waals surface area (Å²) in [5, 5.41) is 12.0. The van der Waals surface area contributed by atoms with Crippen molar-refractivity contribution in [1.29, 1.82) is 0 Å². The highest BCUT2D eigenvalue weighted by atomic mass is 28.4. The van der Waals surface area contributed by atoms with Gasteiger partial charge in [0, 0.05) is 0 Å². The number of aliphatic hydroxyl groups excluding tert-OH is 1. The molecule has 10 atom stereocenters. The topological polar surface area (TPSA) is 94.1 Å². The maximum absolute atomic E-state index is 12.4. The van der Waals surface area contributed by atoms with Gasteiger partial charge in [-0.05, 0) is 86.4 Å². The van der Waals surface area contributed by atoms with E-state index in [1.165, 1.54) is 0 Å². The lowest BCUT2D eigenvalue weighted by Gasteiger charge is -2.54. The fraction of sp³-hybridized carbons (Fsp3) is 0.949. The van der Waals surface area contributed by atoms with Crippen molar-refractivity contribution in [1.82, 2.24) is 0 Å². The summed E-state index contributed by atoms with van der Waals surface area (Å²) in [5.41, 5.74) is 0. The molecule has 0 aromatic carbocycles. The highest BCUT2D eigenvalue weighted by Crippen LogP contribution is 2.46. The van der Waals surface area contributed by atoms with E-state index in [9.17, 15) is 5.11 Å². The van der Waals surface area contributed by atoms with E-state index in [1.807, 2.05) is 13.8 Å². The van der Waals surface area contributed by atoms with Gasteiger partial charge in [0.1, 0.15) is 37.1 Å². The van der Waals surface area contributed by atoms with E-state index in [2.05, 4.69) is 141 Å². The zero-order valence-corrected chi connectivity index (χ0v) is 41.3. The molecule has 0 spiro atoms. The lowest BCUT2D eigenvalue weighted by atomic mass is 9.97. The molecule has 52 heavy (non-hydrogen) atoms. The molecule has 0 unspecified atom stereocenters. The van der Waals surface area contributed by atoms with E-state index in [0.717, 1.165) is 0 Å². The van der Waals surface area contributed by atoms with Crippen LogP contribution in [-0.4, -0.2) is 106 Å². The quantitative estimate of drug-likeness (QED) is 0.153. The summed E-state index contributed by atoms with van der Waals surface area (Å²) >= 11 is 0. The first kappa shape index (κ1) is 48.2. The number of hydrogen-bond donors (Lipinski definition) is 1. The van der Waals surface area contributed by atoms with Crippen LogP contribution in [0.25, 0.3) is 0 Å². The molecule has 306 valence electrons. The normalized spacial score (nSPS) is 32.1. The second-order valence-electron chi connectivity index (χ2n) is 21.4. The van der Waals surface area contributed by atoms with E-state index in [1.54, 1.807) is 0 Å². The Morgan fingerprint density at radius 1 is 0.519 bits per heavy atom. The van der Waals surface area contributed by atoms with Crippen molar-refractivity contribution in [3.63, 3.8) is 0 Å². The fourth-order valence-electron chi connectivity index (χ4n) is 5.30. The first-order valence-corrected chi connectivity index (χ1v) is 31.1. The summed E-state index contributed by atoms with van der Waals surface area (Å²) in [7, 11) is -9.63. The highest BCUT2D eigenvalue weighted by Gasteiger charge is 2.58. The van der Waals surface area contributed by atoms with Crippen molar-refractivity contribution in [3.8, 4) is 12.3 Å². The van der Waals surface area contributed by atoms with Gasteiger partial charge in [0.05, 0.1) is 18.3 Å². The molecule has 2 aliphatic rings. The van der Waals surface area contributed by atoms with Crippen LogP contribution >= 0.6 is 0 Å². The summed E-state index contributed by atoms with van der Waals surface area (Å²) in [4.78, 5) is 0. The lowest BCUT2D eigenvalue weighted by molar-refractivity contribution is -0.346. The first-order valence-electron chi connectivity index (χ1n) is 19.4. The maximum Gasteiger partial charge on any atom is 0.192 e. The van der Waals surface area contributed by atoms with Gasteiger partial charge in [-0.15, -0.1) is 6.42 Å². The molecule has 2 heterocycles. The van der Waals surface area contributed by atoms with Crippen molar-refractivity contribution in [2.45, 2.75) is 231 Å². The van der Waals surface area contributed by atoms with Crippen LogP contribution in [-0.2, 0) is 36.7 Å². The van der Waals surface area contributed by atoms with Crippen LogP contribution in [0.4, 0.5) is 0 Å². The number of aliphatic hydroxyl groups is 1. The molecule has 2 aliphatic heterocycles. The van der Waals surface area contributed by atoms with E-state index in [4.69, 9.17) is 43.1 Å². The van der Waals surface area contributed by atoms with Crippen molar-refractivity contribution in [2.75, 3.05) is 6.61 Å². The average Bonchev–Trinajstić information content (AvgIpc) is 2.92. The van der Waals surface area contributed by atoms with Crippen LogP contribution in [0.3, 0.4) is 0 Å². The SMILES string of the molecule is C#CCO[C@@H]1O[C@@H](C)[C@@H](O[Si](C)(C)C(C)(C)C)[C@@H](O[C@@H]2O[C@@H](C)[C@@H](O[Si](C)(C)C(C)(C)C)[C@@H](O)[C@@H]2O[Si](C)(C)C(C)(C)C)[C@@H]1O[Si](C)(C)C(C)(C)C. The van der Waals surface area contributed by atoms with Gasteiger partial charge in [0.2, 0.25) is 0 Å². The monoisotopic (exact) mass is 804 g/mol. The third-order valence-electron chi connectivity index (χ3n) is 13.0. The van der Waals surface area contributed by atoms with E-state index in [0.29, 0.717) is 0 Å². The van der Waals surface area contributed by atoms with Crippen molar-refractivity contribution in [2.24, 2.45) is 0 Å². The Labute approximate surface area is 323 Å². The van der Waals surface area contributed by atoms with Crippen LogP contribution in [0, 0.1) is 12.3 Å². The standard InChI is InChI=1S/C39H80O9Si4/c1-24-25-41-34-33(48-52(22,23)39(13,14)15)32(30(27(3)42-34)46-50(18,19)37(7,8)9)44-35-31(47-51(20,21)38(10,11)12)28(40)29(26(2)43-35)45-49(16,17)36(4,5)6/h1,26-35,40H,25H2,2-23H3/t26-,27-,28+,29+,30+,31-,32+,33-,34+,35-/m0/s1. The Balaban J connectivity index is 2.82. The van der Waals surface area contributed by atoms with Gasteiger partial charge >= 0.3 is 0 Å². The molecular weight excluding hydrogens is 725 g/mol. The molecule has 0 saturated carbocycles. The molecule has 2 fully saturated rings. The molecule has 0 aromatic heterocycles. The predicted molar refractivity (Wildman–Crippen MR) is 223 cm³/mol. The van der Waals surface area contributed by atoms with Gasteiger partial charge in [-0.25, -0.2) is 0 Å². The second-order valence-corrected chi connectivity index (χ2v) is 40.4. The Hall–Kier alpha value is 0.0675. The molecule has 0 amide bonds. The van der Waals surface area contributed by atoms with Crippen LogP contribution in [0.2, 0.25) is 72.5 Å². The van der Waals surface area contributed by atoms with E-state index in [-0.39, 0.29) is 26.8 Å². The average molecular weight is 805 g/mol. The third kappa shape index (κ3) is 11.1. The van der Waals surface area contributed by atoms with Gasteiger partial charge in [-0.1, -0.05) is 89.0 Å². The van der Waals surface area contributed by atoms with E-state index >= 15 is 0 Å². The van der Waals surface area contributed by atoms with Gasteiger partial charge in [0.25, 0.3) is 0 Å². The minimum absolute atomic E-state index is 0.0501. The van der Waals surface area contributed by atoms with Crippen LogP contribution < -0.4 is 0 Å². The van der Waals surface area contributed by atoms with Gasteiger partial charge in [-0.2, -0.15) is 0 Å². The van der Waals surface area contributed by atoms with Crippen LogP contribution in [0.15, 0.2) is 0 Å². The van der Waals surface area contributed by atoms with Gasteiger partial charge in [-0.3, -0.25) is 0 Å². The molecule has 2 rings (SSSR count). The number of terminal acetylenes is 1. The minimum atomic E-state index is -2.48. The lowest BCUT2D eigenvalue weighted by Crippen LogP contribution is -2.69. The van der Waals surface area contributed by atoms with Crippen LogP contribution in [0.5, 0.6) is 0 Å². The molecule has 1 N–H and O–H groups in total. The number of rotatable bonds is 12. The van der Waals surface area contributed by atoms with E-state index < -0.39 is 94.7 Å². The molecule has 9 nitrogen and oxygen atoms in total. The second kappa shape index (κ2) is 16.5. The third-order valence-corrected chi connectivity index (χ3v) is 30.9. The molecule has 0 bridgehead atoms. The largest absolute Gasteiger partial charge is 0.409 e. The Morgan fingerprint density at radius 2 is 0.846 bits per heavy atom. The Bertz CT molecular complexity index is 1210. The molecule has 0 radical (unpaired) electrons. The highest BCUT2D eigenvalue weighted by molar-refractivity contribution is 6.75. The van der Waals surface area contributed by atoms with Gasteiger partial charge in [0.15, 0.2) is 45.8 Å². The fourth-order valence-corrected chi connectivity index (χ4v) is 10.6. The summed E-state index contributed by atoms with van der Waals surface area (Å²) in [6.45, 7) is 48.1. The summed E-state index contributed by atoms with van der Waals surface area (Å²) in [5.74, 6) is 2.61. The molecule has 2 saturated heterocycles. The van der Waals surface area contributed by atoms with Gasteiger partial charge < -0.3 is 41.8 Å². The predicted octanol–water partition coefficient (Wildman–Crippen LogP) is 9.43. The van der Waals surface area contributed by atoms with Crippen LogP contribution in [0.1, 0.15) is 96.9 Å². The number of hydrogen-bond acceptors (Lipinski definition) is 9. The number of ether oxygens (including phenoxy) is 4. The molecule has 0 aromatic rings. The Kier molecular flexibility index (Phi) is 15.3. The minimum Gasteiger partial charge on any atom is -0.409 e. The zero-order chi connectivity index (χ0) is 40.8. The van der Waals surface area contributed by atoms with Crippen molar-refractivity contribution >= 4 is 33.3 Å². The molecular formula is C39H80O9Si4. The Morgan fingerprint density at radius 3 is 1.23 bits per heavy atom. The summed E-state index contributed by atoms with van der Waals surface area (Å²) in [6.07, 6.45) is -1.38. The summed E-state index contributed by atoms with van der Waals surface area (Å²) in [6, 6.07) is 0. The summed E-state index contributed by atoms with van der Waals surface area (Å²) < 4.78 is 55.4. The van der Waals surface area contributed by atoms with Crippen molar-refractivity contribution in [3.05, 3.63) is 0 Å². The maximum atomic E-state index is 12.4.